The molecule has 1 saturated heterocycles. The van der Waals surface area contributed by atoms with E-state index in [1.54, 1.807) is 24.2 Å². The number of ether oxygens (including phenoxy) is 1. The Hall–Kier alpha value is -4.02. The van der Waals surface area contributed by atoms with Crippen LogP contribution in [0.25, 0.3) is 28.0 Å². The number of aromatic nitrogens is 7. The lowest BCUT2D eigenvalue weighted by Crippen LogP contribution is -2.54. The summed E-state index contributed by atoms with van der Waals surface area (Å²) < 4.78 is 10.7. The Morgan fingerprint density at radius 1 is 1.06 bits per heavy atom. The number of amides is 1. The largest absolute Gasteiger partial charge is 0.453 e. The van der Waals surface area contributed by atoms with Crippen molar-refractivity contribution in [2.24, 2.45) is 0 Å². The molecule has 1 fully saturated rings. The molecular formula is C25H30N8O3. The minimum absolute atomic E-state index is 0.0541. The second-order valence-corrected chi connectivity index (χ2v) is 9.17. The molecule has 0 bridgehead atoms. The summed E-state index contributed by atoms with van der Waals surface area (Å²) in [5.41, 5.74) is 4.27. The summed E-state index contributed by atoms with van der Waals surface area (Å²) in [6.07, 6.45) is 12.5. The fourth-order valence-corrected chi connectivity index (χ4v) is 4.63. The van der Waals surface area contributed by atoms with Crippen molar-refractivity contribution in [3.05, 3.63) is 43.2 Å². The molecule has 1 aliphatic heterocycles. The van der Waals surface area contributed by atoms with Gasteiger partial charge in [-0.05, 0) is 25.8 Å². The first-order chi connectivity index (χ1) is 17.4. The summed E-state index contributed by atoms with van der Waals surface area (Å²) in [5, 5.41) is 13.6. The predicted octanol–water partition coefficient (Wildman–Crippen LogP) is 3.15. The molecule has 188 valence electrons. The third-order valence-electron chi connectivity index (χ3n) is 6.72. The molecule has 5 rings (SSSR count). The van der Waals surface area contributed by atoms with Crippen LogP contribution in [0.1, 0.15) is 52.6 Å². The monoisotopic (exact) mass is 490 g/mol. The third-order valence-corrected chi connectivity index (χ3v) is 6.72. The smallest absolute Gasteiger partial charge is 0.303 e. The van der Waals surface area contributed by atoms with E-state index in [0.717, 1.165) is 40.9 Å². The van der Waals surface area contributed by atoms with Crippen molar-refractivity contribution in [1.29, 1.82) is 0 Å². The number of carbonyl (C=O) groups is 2. The van der Waals surface area contributed by atoms with Crippen LogP contribution in [-0.2, 0) is 14.3 Å². The quantitative estimate of drug-likeness (QED) is 0.349. The minimum Gasteiger partial charge on any atom is -0.453 e. The van der Waals surface area contributed by atoms with Crippen LogP contribution in [0.15, 0.2) is 43.2 Å². The molecule has 1 atom stereocenters. The number of rotatable bonds is 8. The highest BCUT2D eigenvalue weighted by Gasteiger charge is 2.35. The van der Waals surface area contributed by atoms with Crippen molar-refractivity contribution in [1.82, 2.24) is 39.1 Å². The second-order valence-electron chi connectivity index (χ2n) is 9.17. The highest BCUT2D eigenvalue weighted by atomic mass is 16.5. The first-order valence-electron chi connectivity index (χ1n) is 12.3. The maximum absolute atomic E-state index is 12.4. The lowest BCUT2D eigenvalue weighted by atomic mass is 10.1. The molecule has 5 heterocycles. The van der Waals surface area contributed by atoms with E-state index in [9.17, 15) is 9.59 Å². The molecule has 11 nitrogen and oxygen atoms in total. The van der Waals surface area contributed by atoms with Crippen molar-refractivity contribution in [2.45, 2.75) is 58.7 Å². The summed E-state index contributed by atoms with van der Waals surface area (Å²) in [6, 6.07) is 2.35. The topological polar surface area (TPSA) is 112 Å². The summed E-state index contributed by atoms with van der Waals surface area (Å²) in [6.45, 7) is 8.24. The van der Waals surface area contributed by atoms with Gasteiger partial charge in [-0.1, -0.05) is 13.8 Å². The fourth-order valence-electron chi connectivity index (χ4n) is 4.63. The number of hydrogen-bond donors (Lipinski definition) is 0. The molecule has 0 radical (unpaired) electrons. The van der Waals surface area contributed by atoms with Gasteiger partial charge in [0.25, 0.3) is 5.91 Å². The average molecular weight is 491 g/mol. The molecule has 1 aliphatic rings. The van der Waals surface area contributed by atoms with Crippen LogP contribution in [0.2, 0.25) is 0 Å². The van der Waals surface area contributed by atoms with Crippen molar-refractivity contribution in [3.63, 3.8) is 0 Å². The third kappa shape index (κ3) is 4.36. The Balaban J connectivity index is 1.36. The molecule has 0 spiro atoms. The van der Waals surface area contributed by atoms with Gasteiger partial charge in [0.1, 0.15) is 0 Å². The van der Waals surface area contributed by atoms with Crippen LogP contribution in [0.5, 0.6) is 0 Å². The van der Waals surface area contributed by atoms with Gasteiger partial charge in [0.15, 0.2) is 6.10 Å². The van der Waals surface area contributed by atoms with E-state index in [-0.39, 0.29) is 11.9 Å². The number of nitrogens with zero attached hydrogens (tertiary/aromatic N) is 8. The fraction of sp³-hybridized carbons (Fsp3) is 0.440. The van der Waals surface area contributed by atoms with Gasteiger partial charge in [-0.15, -0.1) is 0 Å². The minimum atomic E-state index is -0.783. The molecule has 36 heavy (non-hydrogen) atoms. The van der Waals surface area contributed by atoms with E-state index in [4.69, 9.17) is 9.72 Å². The van der Waals surface area contributed by atoms with Gasteiger partial charge in [0.2, 0.25) is 0 Å². The lowest BCUT2D eigenvalue weighted by Gasteiger charge is -2.40. The Bertz CT molecular complexity index is 1390. The predicted molar refractivity (Wildman–Crippen MR) is 132 cm³/mol. The zero-order valence-electron chi connectivity index (χ0n) is 20.9. The number of hydrogen-bond acceptors (Lipinski definition) is 7. The van der Waals surface area contributed by atoms with E-state index in [2.05, 4.69) is 35.3 Å². The van der Waals surface area contributed by atoms with Crippen molar-refractivity contribution < 1.29 is 14.3 Å². The molecule has 4 aromatic heterocycles. The Kier molecular flexibility index (Phi) is 6.29. The molecule has 1 unspecified atom stereocenters. The van der Waals surface area contributed by atoms with Crippen molar-refractivity contribution in [2.75, 3.05) is 13.1 Å². The molecule has 4 aromatic rings. The first kappa shape index (κ1) is 23.7. The summed E-state index contributed by atoms with van der Waals surface area (Å²) in [5.74, 6) is -0.660. The zero-order chi connectivity index (χ0) is 25.4. The van der Waals surface area contributed by atoms with Crippen LogP contribution in [0, 0.1) is 0 Å². The lowest BCUT2D eigenvalue weighted by molar-refractivity contribution is -0.160. The Morgan fingerprint density at radius 2 is 1.81 bits per heavy atom. The van der Waals surface area contributed by atoms with E-state index in [1.807, 2.05) is 38.5 Å². The van der Waals surface area contributed by atoms with E-state index in [0.29, 0.717) is 19.1 Å². The van der Waals surface area contributed by atoms with Crippen LogP contribution in [-0.4, -0.2) is 70.1 Å². The zero-order valence-corrected chi connectivity index (χ0v) is 20.9. The summed E-state index contributed by atoms with van der Waals surface area (Å²) in [4.78, 5) is 30.2. The van der Waals surface area contributed by atoms with E-state index >= 15 is 0 Å². The van der Waals surface area contributed by atoms with Crippen LogP contribution in [0.3, 0.4) is 0 Å². The van der Waals surface area contributed by atoms with E-state index < -0.39 is 12.1 Å². The van der Waals surface area contributed by atoms with Crippen LogP contribution < -0.4 is 0 Å². The van der Waals surface area contributed by atoms with Gasteiger partial charge in [-0.2, -0.15) is 15.3 Å². The molecule has 0 N–H and O–H groups in total. The van der Waals surface area contributed by atoms with Gasteiger partial charge in [0.05, 0.1) is 53.8 Å². The molecule has 0 saturated carbocycles. The number of likely N-dealkylation sites (tertiary alicyclic amines) is 1. The molecule has 0 aliphatic carbocycles. The van der Waals surface area contributed by atoms with Gasteiger partial charge < -0.3 is 9.64 Å². The summed E-state index contributed by atoms with van der Waals surface area (Å²) in [7, 11) is 0. The number of esters is 1. The standard InChI is InChI=1S/C25H30N8O3/c1-5-20(6-2)31-12-19(10-28-31)24-23-7-8-26-33(23)15-22(29-24)18-9-27-32(11-18)21-13-30(14-21)25(35)16(3)36-17(4)34/h7-12,15-16,20-21H,5-6,13-14H2,1-4H3. The highest BCUT2D eigenvalue weighted by molar-refractivity contribution is 5.83. The van der Waals surface area contributed by atoms with Crippen LogP contribution in [0.4, 0.5) is 0 Å². The van der Waals surface area contributed by atoms with Gasteiger partial charge in [-0.25, -0.2) is 9.50 Å². The number of fused-ring (bicyclic) bond motifs is 1. The van der Waals surface area contributed by atoms with E-state index in [1.165, 1.54) is 6.92 Å². The second kappa shape index (κ2) is 9.56. The maximum Gasteiger partial charge on any atom is 0.303 e. The van der Waals surface area contributed by atoms with Gasteiger partial charge in [-0.3, -0.25) is 19.0 Å². The Morgan fingerprint density at radius 3 is 2.53 bits per heavy atom. The maximum atomic E-state index is 12.4. The van der Waals surface area contributed by atoms with Gasteiger partial charge >= 0.3 is 5.97 Å². The molecule has 11 heteroatoms. The van der Waals surface area contributed by atoms with Crippen molar-refractivity contribution >= 4 is 17.4 Å². The van der Waals surface area contributed by atoms with Crippen molar-refractivity contribution in [3.8, 4) is 22.5 Å². The molecule has 1 amide bonds. The summed E-state index contributed by atoms with van der Waals surface area (Å²) >= 11 is 0. The Labute approximate surface area is 208 Å². The van der Waals surface area contributed by atoms with Crippen LogP contribution >= 0.6 is 0 Å². The number of carbonyl (C=O) groups excluding carboxylic acids is 2. The molecular weight excluding hydrogens is 460 g/mol. The average Bonchev–Trinajstić information content (AvgIpc) is 3.58. The first-order valence-corrected chi connectivity index (χ1v) is 12.3. The van der Waals surface area contributed by atoms with Gasteiger partial charge in [0, 0.05) is 43.5 Å². The highest BCUT2D eigenvalue weighted by Crippen LogP contribution is 2.29. The SMILES string of the molecule is CCC(CC)n1cc(-c2nc(-c3cnn(C4CN(C(=O)C(C)OC(C)=O)C4)c3)cn3nccc23)cn1. The normalized spacial score (nSPS) is 14.9. The molecule has 0 aromatic carbocycles.